The van der Waals surface area contributed by atoms with Gasteiger partial charge in [-0.25, -0.2) is 4.39 Å². The van der Waals surface area contributed by atoms with Crippen molar-refractivity contribution in [2.24, 2.45) is 0 Å². The van der Waals surface area contributed by atoms with Crippen molar-refractivity contribution < 1.29 is 9.13 Å². The fraction of sp³-hybridized carbons (Fsp3) is 0.312. The largest absolute Gasteiger partial charge is 0.488 e. The molecule has 0 bridgehead atoms. The second kappa shape index (κ2) is 7.01. The maximum atomic E-state index is 13.4. The summed E-state index contributed by atoms with van der Waals surface area (Å²) in [6, 6.07) is 8.55. The Hall–Kier alpha value is -1.94. The van der Waals surface area contributed by atoms with Gasteiger partial charge in [0.2, 0.25) is 0 Å². The summed E-state index contributed by atoms with van der Waals surface area (Å²) < 4.78 is 19.2. The molecule has 106 valence electrons. The molecular formula is C16H19FN2O. The van der Waals surface area contributed by atoms with Crippen molar-refractivity contribution in [2.45, 2.75) is 26.5 Å². The van der Waals surface area contributed by atoms with Gasteiger partial charge in [-0.3, -0.25) is 4.98 Å². The average Bonchev–Trinajstić information content (AvgIpc) is 2.46. The minimum absolute atomic E-state index is 0.115. The normalized spacial score (nSPS) is 12.2. The summed E-state index contributed by atoms with van der Waals surface area (Å²) in [6.07, 6.45) is 3.46. The van der Waals surface area contributed by atoms with E-state index in [1.165, 1.54) is 12.1 Å². The zero-order chi connectivity index (χ0) is 14.4. The number of halogens is 1. The van der Waals surface area contributed by atoms with E-state index in [0.29, 0.717) is 12.4 Å². The summed E-state index contributed by atoms with van der Waals surface area (Å²) >= 11 is 0. The molecule has 1 atom stereocenters. The lowest BCUT2D eigenvalue weighted by Gasteiger charge is -2.17. The van der Waals surface area contributed by atoms with Gasteiger partial charge in [-0.1, -0.05) is 19.1 Å². The zero-order valence-corrected chi connectivity index (χ0v) is 11.8. The van der Waals surface area contributed by atoms with Gasteiger partial charge >= 0.3 is 0 Å². The summed E-state index contributed by atoms with van der Waals surface area (Å²) in [5.74, 6) is 0.279. The quantitative estimate of drug-likeness (QED) is 0.875. The van der Waals surface area contributed by atoms with Crippen LogP contribution in [0.25, 0.3) is 0 Å². The Bertz CT molecular complexity index is 545. The molecular weight excluding hydrogens is 255 g/mol. The standard InChI is InChI=1S/C16H19FN2O/c1-3-19-12(2)15-7-6-14(17)9-16(15)20-11-13-5-4-8-18-10-13/h4-10,12,19H,3,11H2,1-2H3. The Morgan fingerprint density at radius 1 is 1.35 bits per heavy atom. The molecule has 0 saturated carbocycles. The first-order valence-corrected chi connectivity index (χ1v) is 6.75. The van der Waals surface area contributed by atoms with Crippen LogP contribution < -0.4 is 10.1 Å². The molecule has 0 saturated heterocycles. The monoisotopic (exact) mass is 274 g/mol. The second-order valence-electron chi connectivity index (χ2n) is 4.61. The molecule has 0 aliphatic heterocycles. The van der Waals surface area contributed by atoms with Crippen molar-refractivity contribution in [3.05, 3.63) is 59.7 Å². The Morgan fingerprint density at radius 3 is 2.90 bits per heavy atom. The van der Waals surface area contributed by atoms with Crippen molar-refractivity contribution in [2.75, 3.05) is 6.54 Å². The van der Waals surface area contributed by atoms with Crippen LogP contribution in [0.5, 0.6) is 5.75 Å². The highest BCUT2D eigenvalue weighted by molar-refractivity contribution is 5.36. The number of hydrogen-bond donors (Lipinski definition) is 1. The Labute approximate surface area is 118 Å². The first kappa shape index (κ1) is 14.5. The first-order valence-electron chi connectivity index (χ1n) is 6.75. The molecule has 1 unspecified atom stereocenters. The molecule has 4 heteroatoms. The van der Waals surface area contributed by atoms with Crippen molar-refractivity contribution >= 4 is 0 Å². The SMILES string of the molecule is CCNC(C)c1ccc(F)cc1OCc1cccnc1. The molecule has 0 fully saturated rings. The topological polar surface area (TPSA) is 34.1 Å². The Kier molecular flexibility index (Phi) is 5.07. The van der Waals surface area contributed by atoms with E-state index >= 15 is 0 Å². The summed E-state index contributed by atoms with van der Waals surface area (Å²) in [5.41, 5.74) is 1.91. The van der Waals surface area contributed by atoms with Gasteiger partial charge < -0.3 is 10.1 Å². The molecule has 0 aliphatic rings. The summed E-state index contributed by atoms with van der Waals surface area (Å²) in [7, 11) is 0. The molecule has 1 N–H and O–H groups in total. The third-order valence-corrected chi connectivity index (χ3v) is 3.07. The van der Waals surface area contributed by atoms with Crippen LogP contribution in [0.4, 0.5) is 4.39 Å². The van der Waals surface area contributed by atoms with E-state index in [9.17, 15) is 4.39 Å². The number of benzene rings is 1. The van der Waals surface area contributed by atoms with Crippen molar-refractivity contribution in [3.63, 3.8) is 0 Å². The van der Waals surface area contributed by atoms with Gasteiger partial charge in [-0.05, 0) is 25.6 Å². The van der Waals surface area contributed by atoms with Crippen LogP contribution in [0.15, 0.2) is 42.7 Å². The highest BCUT2D eigenvalue weighted by Crippen LogP contribution is 2.26. The molecule has 2 aromatic rings. The van der Waals surface area contributed by atoms with Crippen LogP contribution >= 0.6 is 0 Å². The van der Waals surface area contributed by atoms with Crippen LogP contribution in [0, 0.1) is 5.82 Å². The number of hydrogen-bond acceptors (Lipinski definition) is 3. The van der Waals surface area contributed by atoms with E-state index in [-0.39, 0.29) is 11.9 Å². The number of ether oxygens (including phenoxy) is 1. The van der Waals surface area contributed by atoms with E-state index in [1.807, 2.05) is 26.0 Å². The molecule has 1 heterocycles. The fourth-order valence-electron chi connectivity index (χ4n) is 2.05. The summed E-state index contributed by atoms with van der Waals surface area (Å²) in [5, 5.41) is 3.31. The molecule has 1 aromatic heterocycles. The van der Waals surface area contributed by atoms with Crippen molar-refractivity contribution in [1.82, 2.24) is 10.3 Å². The number of nitrogens with zero attached hydrogens (tertiary/aromatic N) is 1. The second-order valence-corrected chi connectivity index (χ2v) is 4.61. The molecule has 20 heavy (non-hydrogen) atoms. The minimum atomic E-state index is -0.293. The Morgan fingerprint density at radius 2 is 2.20 bits per heavy atom. The maximum absolute atomic E-state index is 13.4. The van der Waals surface area contributed by atoms with Crippen molar-refractivity contribution in [1.29, 1.82) is 0 Å². The molecule has 0 amide bonds. The molecule has 2 rings (SSSR count). The van der Waals surface area contributed by atoms with Gasteiger partial charge in [0.25, 0.3) is 0 Å². The molecule has 0 radical (unpaired) electrons. The number of rotatable bonds is 6. The summed E-state index contributed by atoms with van der Waals surface area (Å²) in [4.78, 5) is 4.04. The molecule has 1 aromatic carbocycles. The van der Waals surface area contributed by atoms with Gasteiger partial charge in [0.15, 0.2) is 0 Å². The third-order valence-electron chi connectivity index (χ3n) is 3.07. The van der Waals surface area contributed by atoms with Gasteiger partial charge in [-0.2, -0.15) is 0 Å². The third kappa shape index (κ3) is 3.78. The minimum Gasteiger partial charge on any atom is -0.488 e. The molecule has 0 aliphatic carbocycles. The van der Waals surface area contributed by atoms with Gasteiger partial charge in [-0.15, -0.1) is 0 Å². The summed E-state index contributed by atoms with van der Waals surface area (Å²) in [6.45, 7) is 5.30. The molecule has 0 spiro atoms. The van der Waals surface area contributed by atoms with E-state index in [2.05, 4.69) is 10.3 Å². The average molecular weight is 274 g/mol. The van der Waals surface area contributed by atoms with Crippen molar-refractivity contribution in [3.8, 4) is 5.75 Å². The van der Waals surface area contributed by atoms with Gasteiger partial charge in [0.1, 0.15) is 18.2 Å². The first-order chi connectivity index (χ1) is 9.70. The molecule has 3 nitrogen and oxygen atoms in total. The van der Waals surface area contributed by atoms with Gasteiger partial charge in [0.05, 0.1) is 0 Å². The smallest absolute Gasteiger partial charge is 0.127 e. The van der Waals surface area contributed by atoms with Crippen LogP contribution in [-0.4, -0.2) is 11.5 Å². The zero-order valence-electron chi connectivity index (χ0n) is 11.8. The highest BCUT2D eigenvalue weighted by Gasteiger charge is 2.12. The predicted molar refractivity (Wildman–Crippen MR) is 77.1 cm³/mol. The predicted octanol–water partition coefficient (Wildman–Crippen LogP) is 3.47. The van der Waals surface area contributed by atoms with E-state index in [4.69, 9.17) is 4.74 Å². The van der Waals surface area contributed by atoms with E-state index in [1.54, 1.807) is 18.5 Å². The lowest BCUT2D eigenvalue weighted by Crippen LogP contribution is -2.18. The fourth-order valence-corrected chi connectivity index (χ4v) is 2.05. The van der Waals surface area contributed by atoms with Crippen LogP contribution in [0.3, 0.4) is 0 Å². The lowest BCUT2D eigenvalue weighted by molar-refractivity contribution is 0.297. The number of aromatic nitrogens is 1. The van der Waals surface area contributed by atoms with Gasteiger partial charge in [0, 0.05) is 35.6 Å². The maximum Gasteiger partial charge on any atom is 0.127 e. The Balaban J connectivity index is 2.15. The van der Waals surface area contributed by atoms with E-state index < -0.39 is 0 Å². The number of pyridine rings is 1. The van der Waals surface area contributed by atoms with Crippen LogP contribution in [-0.2, 0) is 6.61 Å². The lowest BCUT2D eigenvalue weighted by atomic mass is 10.1. The highest BCUT2D eigenvalue weighted by atomic mass is 19.1. The van der Waals surface area contributed by atoms with E-state index in [0.717, 1.165) is 17.7 Å². The van der Waals surface area contributed by atoms with Crippen LogP contribution in [0.1, 0.15) is 31.0 Å². The van der Waals surface area contributed by atoms with Crippen LogP contribution in [0.2, 0.25) is 0 Å². The number of nitrogens with one attached hydrogen (secondary N) is 1.